The van der Waals surface area contributed by atoms with Gasteiger partial charge in [0.2, 0.25) is 0 Å². The zero-order valence-electron chi connectivity index (χ0n) is 14.2. The number of benzene rings is 3. The number of halogens is 2. The van der Waals surface area contributed by atoms with Crippen LogP contribution in [0.4, 0.5) is 8.78 Å². The molecule has 0 fully saturated rings. The lowest BCUT2D eigenvalue weighted by Crippen LogP contribution is -2.40. The average molecular weight is 355 g/mol. The van der Waals surface area contributed by atoms with Crippen LogP contribution in [0, 0.1) is 11.6 Å². The Kier molecular flexibility index (Phi) is 4.91. The van der Waals surface area contributed by atoms with Crippen molar-refractivity contribution in [2.75, 3.05) is 7.11 Å². The predicted octanol–water partition coefficient (Wildman–Crippen LogP) is 4.12. The van der Waals surface area contributed by atoms with Gasteiger partial charge in [0.05, 0.1) is 12.6 Å². The van der Waals surface area contributed by atoms with E-state index in [-0.39, 0.29) is 11.5 Å². The lowest BCUT2D eigenvalue weighted by atomic mass is 9.78. The molecule has 0 saturated carbocycles. The standard InChI is InChI=1S/C21H19F2NO2/c1-26-20-11-15(7-8-19(20)23)21(24,13-14-5-3-2-4-6-14)16-9-17(22)12-18(25)10-16/h2-12,25H,13,24H2,1H3/t21-/m0/s1. The fourth-order valence-electron chi connectivity index (χ4n) is 3.06. The number of phenols is 1. The first-order valence-corrected chi connectivity index (χ1v) is 8.09. The van der Waals surface area contributed by atoms with E-state index in [0.717, 1.165) is 11.6 Å². The summed E-state index contributed by atoms with van der Waals surface area (Å²) in [5.74, 6) is -1.29. The van der Waals surface area contributed by atoms with Crippen molar-refractivity contribution in [1.82, 2.24) is 0 Å². The average Bonchev–Trinajstić information content (AvgIpc) is 2.62. The Bertz CT molecular complexity index is 895. The van der Waals surface area contributed by atoms with Crippen LogP contribution in [0.15, 0.2) is 66.7 Å². The monoisotopic (exact) mass is 355 g/mol. The summed E-state index contributed by atoms with van der Waals surface area (Å²) in [5.41, 5.74) is 7.38. The molecule has 0 radical (unpaired) electrons. The third-order valence-corrected chi connectivity index (χ3v) is 4.39. The Morgan fingerprint density at radius 1 is 0.962 bits per heavy atom. The van der Waals surface area contributed by atoms with Gasteiger partial charge in [0.25, 0.3) is 0 Å². The number of phenolic OH excluding ortho intramolecular Hbond substituents is 1. The molecule has 26 heavy (non-hydrogen) atoms. The molecule has 0 aromatic heterocycles. The number of methoxy groups -OCH3 is 1. The van der Waals surface area contributed by atoms with Crippen molar-refractivity contribution in [3.8, 4) is 11.5 Å². The molecule has 0 aliphatic heterocycles. The van der Waals surface area contributed by atoms with Crippen LogP contribution < -0.4 is 10.5 Å². The van der Waals surface area contributed by atoms with Gasteiger partial charge < -0.3 is 15.6 Å². The first kappa shape index (κ1) is 17.9. The van der Waals surface area contributed by atoms with Crippen molar-refractivity contribution in [2.24, 2.45) is 5.73 Å². The van der Waals surface area contributed by atoms with E-state index >= 15 is 0 Å². The normalized spacial score (nSPS) is 13.2. The van der Waals surface area contributed by atoms with Crippen molar-refractivity contribution in [1.29, 1.82) is 0 Å². The predicted molar refractivity (Wildman–Crippen MR) is 96.1 cm³/mol. The Labute approximate surface area is 150 Å². The molecular weight excluding hydrogens is 336 g/mol. The van der Waals surface area contributed by atoms with Crippen LogP contribution in [0.1, 0.15) is 16.7 Å². The quantitative estimate of drug-likeness (QED) is 0.724. The minimum Gasteiger partial charge on any atom is -0.508 e. The Morgan fingerprint density at radius 3 is 2.35 bits per heavy atom. The van der Waals surface area contributed by atoms with E-state index in [0.29, 0.717) is 17.5 Å². The van der Waals surface area contributed by atoms with E-state index in [1.54, 1.807) is 6.07 Å². The molecule has 0 aliphatic rings. The largest absolute Gasteiger partial charge is 0.508 e. The van der Waals surface area contributed by atoms with Gasteiger partial charge in [0.1, 0.15) is 11.6 Å². The molecule has 0 aliphatic carbocycles. The van der Waals surface area contributed by atoms with Crippen LogP contribution >= 0.6 is 0 Å². The van der Waals surface area contributed by atoms with E-state index in [1.165, 1.54) is 31.4 Å². The van der Waals surface area contributed by atoms with Crippen LogP contribution in [0.5, 0.6) is 11.5 Å². The summed E-state index contributed by atoms with van der Waals surface area (Å²) in [6, 6.07) is 17.5. The highest BCUT2D eigenvalue weighted by Gasteiger charge is 2.32. The molecule has 3 rings (SSSR count). The van der Waals surface area contributed by atoms with Crippen molar-refractivity contribution in [3.63, 3.8) is 0 Å². The van der Waals surface area contributed by atoms with E-state index < -0.39 is 17.2 Å². The highest BCUT2D eigenvalue weighted by atomic mass is 19.1. The van der Waals surface area contributed by atoms with Crippen molar-refractivity contribution < 1.29 is 18.6 Å². The molecule has 0 saturated heterocycles. The molecule has 134 valence electrons. The molecule has 0 amide bonds. The van der Waals surface area contributed by atoms with E-state index in [9.17, 15) is 13.9 Å². The maximum Gasteiger partial charge on any atom is 0.165 e. The first-order chi connectivity index (χ1) is 12.4. The molecule has 3 nitrogen and oxygen atoms in total. The zero-order valence-corrected chi connectivity index (χ0v) is 14.2. The number of aromatic hydroxyl groups is 1. The Hall–Kier alpha value is -2.92. The van der Waals surface area contributed by atoms with Crippen LogP contribution in [0.3, 0.4) is 0 Å². The van der Waals surface area contributed by atoms with Gasteiger partial charge in [-0.3, -0.25) is 0 Å². The van der Waals surface area contributed by atoms with Crippen LogP contribution in [-0.2, 0) is 12.0 Å². The molecule has 5 heteroatoms. The SMILES string of the molecule is COc1cc([C@@](N)(Cc2ccccc2)c2cc(O)cc(F)c2)ccc1F. The highest BCUT2D eigenvalue weighted by Crippen LogP contribution is 2.35. The Morgan fingerprint density at radius 2 is 1.69 bits per heavy atom. The summed E-state index contributed by atoms with van der Waals surface area (Å²) in [7, 11) is 1.37. The Balaban J connectivity index is 2.18. The summed E-state index contributed by atoms with van der Waals surface area (Å²) < 4.78 is 32.8. The second-order valence-electron chi connectivity index (χ2n) is 6.18. The summed E-state index contributed by atoms with van der Waals surface area (Å²) in [6.07, 6.45) is 0.325. The molecule has 0 bridgehead atoms. The fourth-order valence-corrected chi connectivity index (χ4v) is 3.06. The highest BCUT2D eigenvalue weighted by molar-refractivity contribution is 5.46. The molecule has 1 atom stereocenters. The second-order valence-corrected chi connectivity index (χ2v) is 6.18. The van der Waals surface area contributed by atoms with Crippen LogP contribution in [0.2, 0.25) is 0 Å². The van der Waals surface area contributed by atoms with Crippen molar-refractivity contribution in [3.05, 3.63) is 95.1 Å². The lowest BCUT2D eigenvalue weighted by Gasteiger charge is -2.31. The van der Waals surface area contributed by atoms with E-state index in [4.69, 9.17) is 10.5 Å². The maximum atomic E-state index is 13.9. The second kappa shape index (κ2) is 7.14. The third kappa shape index (κ3) is 3.53. The lowest BCUT2D eigenvalue weighted by molar-refractivity contribution is 0.383. The zero-order chi connectivity index (χ0) is 18.7. The summed E-state index contributed by atoms with van der Waals surface area (Å²) in [6.45, 7) is 0. The van der Waals surface area contributed by atoms with Gasteiger partial charge in [0.15, 0.2) is 11.6 Å². The molecule has 0 heterocycles. The van der Waals surface area contributed by atoms with E-state index in [1.807, 2.05) is 30.3 Å². The minimum atomic E-state index is -1.19. The van der Waals surface area contributed by atoms with Gasteiger partial charge >= 0.3 is 0 Å². The molecule has 0 spiro atoms. The molecule has 3 N–H and O–H groups in total. The first-order valence-electron chi connectivity index (χ1n) is 8.09. The topological polar surface area (TPSA) is 55.5 Å². The van der Waals surface area contributed by atoms with Gasteiger partial charge in [-0.25, -0.2) is 8.78 Å². The molecule has 0 unspecified atom stereocenters. The minimum absolute atomic E-state index is 0.0472. The number of hydrogen-bond acceptors (Lipinski definition) is 3. The smallest absolute Gasteiger partial charge is 0.165 e. The maximum absolute atomic E-state index is 13.9. The van der Waals surface area contributed by atoms with Gasteiger partial charge in [-0.1, -0.05) is 36.4 Å². The van der Waals surface area contributed by atoms with Gasteiger partial charge in [-0.05, 0) is 47.4 Å². The van der Waals surface area contributed by atoms with Crippen LogP contribution in [-0.4, -0.2) is 12.2 Å². The van der Waals surface area contributed by atoms with E-state index in [2.05, 4.69) is 0 Å². The number of hydrogen-bond donors (Lipinski definition) is 2. The third-order valence-electron chi connectivity index (χ3n) is 4.39. The van der Waals surface area contributed by atoms with Gasteiger partial charge in [0, 0.05) is 6.07 Å². The van der Waals surface area contributed by atoms with Crippen LogP contribution in [0.25, 0.3) is 0 Å². The van der Waals surface area contributed by atoms with Crippen molar-refractivity contribution in [2.45, 2.75) is 12.0 Å². The van der Waals surface area contributed by atoms with Gasteiger partial charge in [-0.15, -0.1) is 0 Å². The summed E-state index contributed by atoms with van der Waals surface area (Å²) >= 11 is 0. The fraction of sp³-hybridized carbons (Fsp3) is 0.143. The summed E-state index contributed by atoms with van der Waals surface area (Å²) in [4.78, 5) is 0. The van der Waals surface area contributed by atoms with Crippen molar-refractivity contribution >= 4 is 0 Å². The van der Waals surface area contributed by atoms with Gasteiger partial charge in [-0.2, -0.15) is 0 Å². The molecule has 3 aromatic carbocycles. The summed E-state index contributed by atoms with van der Waals surface area (Å²) in [5, 5.41) is 9.83. The number of rotatable bonds is 5. The number of nitrogens with two attached hydrogens (primary N) is 1. The molecule has 3 aromatic rings. The number of ether oxygens (including phenoxy) is 1. The molecular formula is C21H19F2NO2.